The number of esters is 1. The molecule has 26 heteroatoms. The standard InChI is InChI=1S/C63H79N5O21/c1-77-49-19-16-41(34-51(49)78-2)15-18-48(89-63(76)47-13-6-7-23-67(47)57(72)37-42-35-52(79-3)59(81-5)53(36-42)80-4)43-10-8-11-44(38-43)87-39-55(70)64-21-24-82-26-28-84-30-32-86-33-31-85-29-27-83-25-22-65-56(71)40-88-50-14-9-12-45-58(50)62(75)68(61(45)74)46-17-20-54(69)66-60(46)73/h8-12,14,16,19,34-36,38,46-48H,6-7,13,15,17-18,20-33,37,39-40H2,1-5H3,(H,64,70)(H,65,71)(H,66,69,73)/t46?,47-,48?/m0/s1. The lowest BCUT2D eigenvalue weighted by Crippen LogP contribution is -2.54. The van der Waals surface area contributed by atoms with E-state index in [1.54, 1.807) is 49.5 Å². The topological polar surface area (TPSA) is 299 Å². The third kappa shape index (κ3) is 19.7. The van der Waals surface area contributed by atoms with E-state index >= 15 is 0 Å². The van der Waals surface area contributed by atoms with Gasteiger partial charge in [0.1, 0.15) is 29.7 Å². The average molecular weight is 1240 g/mol. The van der Waals surface area contributed by atoms with Crippen LogP contribution in [0.5, 0.6) is 40.2 Å². The maximum absolute atomic E-state index is 14.3. The molecule has 7 amide bonds. The second kappa shape index (κ2) is 35.4. The van der Waals surface area contributed by atoms with Gasteiger partial charge in [0.25, 0.3) is 23.6 Å². The van der Waals surface area contributed by atoms with Crippen LogP contribution in [0.25, 0.3) is 0 Å². The number of nitrogens with zero attached hydrogens (tertiary/aromatic N) is 2. The van der Waals surface area contributed by atoms with Gasteiger partial charge in [0.2, 0.25) is 23.5 Å². The first kappa shape index (κ1) is 67.9. The van der Waals surface area contributed by atoms with Crippen molar-refractivity contribution in [3.8, 4) is 40.2 Å². The highest BCUT2D eigenvalue weighted by Gasteiger charge is 2.46. The van der Waals surface area contributed by atoms with Gasteiger partial charge in [-0.05, 0) is 104 Å². The highest BCUT2D eigenvalue weighted by atomic mass is 16.6. The Hall–Kier alpha value is -8.56. The molecule has 3 heterocycles. The Balaban J connectivity index is 0.731. The van der Waals surface area contributed by atoms with Crippen LogP contribution in [0.4, 0.5) is 0 Å². The monoisotopic (exact) mass is 1240 g/mol. The van der Waals surface area contributed by atoms with E-state index in [9.17, 15) is 38.4 Å². The number of nitrogens with one attached hydrogen (secondary N) is 3. The van der Waals surface area contributed by atoms with Crippen LogP contribution in [0.1, 0.15) is 82.0 Å². The van der Waals surface area contributed by atoms with E-state index in [2.05, 4.69) is 16.0 Å². The number of ether oxygens (including phenoxy) is 13. The summed E-state index contributed by atoms with van der Waals surface area (Å²) in [5.41, 5.74) is 2.19. The number of carbonyl (C=O) groups is 8. The summed E-state index contributed by atoms with van der Waals surface area (Å²) in [6.07, 6.45) is 2.03. The molecular formula is C63H79N5O21. The van der Waals surface area contributed by atoms with Crippen LogP contribution in [-0.2, 0) is 70.0 Å². The average Bonchev–Trinajstić information content (AvgIpc) is 1.92. The summed E-state index contributed by atoms with van der Waals surface area (Å²) in [4.78, 5) is 106. The maximum Gasteiger partial charge on any atom is 0.329 e. The van der Waals surface area contributed by atoms with Gasteiger partial charge >= 0.3 is 5.97 Å². The molecule has 482 valence electrons. The number of fused-ring (bicyclic) bond motifs is 1. The Labute approximate surface area is 516 Å². The summed E-state index contributed by atoms with van der Waals surface area (Å²) in [6.45, 7) is 3.11. The van der Waals surface area contributed by atoms with Gasteiger partial charge in [-0.1, -0.05) is 24.3 Å². The number of hydrogen-bond acceptors (Lipinski definition) is 21. The molecule has 7 rings (SSSR count). The maximum atomic E-state index is 14.3. The molecule has 4 aromatic rings. The predicted octanol–water partition coefficient (Wildman–Crippen LogP) is 3.74. The van der Waals surface area contributed by atoms with E-state index < -0.39 is 60.3 Å². The van der Waals surface area contributed by atoms with Gasteiger partial charge in [-0.25, -0.2) is 4.79 Å². The fraction of sp³-hybridized carbons (Fsp3) is 0.492. The van der Waals surface area contributed by atoms with Crippen LogP contribution in [0.2, 0.25) is 0 Å². The lowest BCUT2D eigenvalue weighted by molar-refractivity contribution is -0.162. The molecule has 0 aliphatic carbocycles. The number of imide groups is 2. The number of hydrogen-bond donors (Lipinski definition) is 3. The smallest absolute Gasteiger partial charge is 0.329 e. The number of piperidine rings is 2. The van der Waals surface area contributed by atoms with Crippen LogP contribution in [-0.4, -0.2) is 204 Å². The Bertz CT molecular complexity index is 3040. The molecule has 2 saturated heterocycles. The fourth-order valence-corrected chi connectivity index (χ4v) is 10.1. The molecule has 26 nitrogen and oxygen atoms in total. The van der Waals surface area contributed by atoms with Crippen LogP contribution < -0.4 is 49.1 Å². The van der Waals surface area contributed by atoms with E-state index in [1.165, 1.54) is 39.5 Å². The van der Waals surface area contributed by atoms with E-state index in [4.69, 9.17) is 61.6 Å². The third-order valence-electron chi connectivity index (χ3n) is 14.6. The molecule has 3 aliphatic heterocycles. The van der Waals surface area contributed by atoms with Crippen molar-refractivity contribution in [3.05, 3.63) is 101 Å². The summed E-state index contributed by atoms with van der Waals surface area (Å²) in [6, 6.07) is 18.6. The van der Waals surface area contributed by atoms with Crippen LogP contribution >= 0.6 is 0 Å². The summed E-state index contributed by atoms with van der Waals surface area (Å²) in [5.74, 6) is -1.43. The molecule has 0 aromatic heterocycles. The number of benzene rings is 4. The van der Waals surface area contributed by atoms with E-state index in [1.807, 2.05) is 24.3 Å². The molecule has 4 aromatic carbocycles. The van der Waals surface area contributed by atoms with Crippen LogP contribution in [0.15, 0.2) is 72.8 Å². The van der Waals surface area contributed by atoms with Crippen molar-refractivity contribution < 1.29 is 99.9 Å². The van der Waals surface area contributed by atoms with Gasteiger partial charge in [0, 0.05) is 26.1 Å². The fourth-order valence-electron chi connectivity index (χ4n) is 10.1. The SMILES string of the molecule is COc1ccc(CCC(OC(=O)[C@@H]2CCCCN2C(=O)Cc2cc(OC)c(OC)c(OC)c2)c2cccc(OCC(=O)NCCOCCOCCOCCOCCOCCNC(=O)COc3cccc4c3C(=O)N(C3CCC(=O)NC3=O)C4=O)c2)cc1OC. The van der Waals surface area contributed by atoms with Gasteiger partial charge in [-0.3, -0.25) is 43.8 Å². The van der Waals surface area contributed by atoms with Crippen molar-refractivity contribution in [1.29, 1.82) is 0 Å². The van der Waals surface area contributed by atoms with Crippen molar-refractivity contribution in [3.63, 3.8) is 0 Å². The first-order chi connectivity index (χ1) is 43.3. The minimum atomic E-state index is -1.12. The zero-order chi connectivity index (χ0) is 63.5. The van der Waals surface area contributed by atoms with Crippen molar-refractivity contribution in [2.75, 3.05) is 134 Å². The Morgan fingerprint density at radius 1 is 0.596 bits per heavy atom. The van der Waals surface area contributed by atoms with Crippen molar-refractivity contribution >= 4 is 47.3 Å². The quantitative estimate of drug-likeness (QED) is 0.0327. The number of amides is 7. The highest BCUT2D eigenvalue weighted by molar-refractivity contribution is 6.24. The van der Waals surface area contributed by atoms with Gasteiger partial charge in [0.05, 0.1) is 119 Å². The Morgan fingerprint density at radius 3 is 1.80 bits per heavy atom. The number of rotatable bonds is 38. The second-order valence-corrected chi connectivity index (χ2v) is 20.5. The lowest BCUT2D eigenvalue weighted by Gasteiger charge is -2.35. The normalized spacial score (nSPS) is 15.8. The zero-order valence-corrected chi connectivity index (χ0v) is 50.9. The van der Waals surface area contributed by atoms with Crippen LogP contribution in [0.3, 0.4) is 0 Å². The molecule has 2 fully saturated rings. The van der Waals surface area contributed by atoms with E-state index in [-0.39, 0.29) is 87.5 Å². The molecule has 3 aliphatic rings. The first-order valence-electron chi connectivity index (χ1n) is 29.4. The Morgan fingerprint density at radius 2 is 1.19 bits per heavy atom. The molecule has 3 N–H and O–H groups in total. The number of aryl methyl sites for hydroxylation is 1. The predicted molar refractivity (Wildman–Crippen MR) is 317 cm³/mol. The summed E-state index contributed by atoms with van der Waals surface area (Å²) >= 11 is 0. The van der Waals surface area contributed by atoms with Gasteiger partial charge < -0.3 is 77.1 Å². The van der Waals surface area contributed by atoms with Gasteiger partial charge in [0.15, 0.2) is 36.2 Å². The third-order valence-corrected chi connectivity index (χ3v) is 14.6. The molecule has 0 spiro atoms. The number of likely N-dealkylation sites (tertiary alicyclic amines) is 1. The van der Waals surface area contributed by atoms with Gasteiger partial charge in [-0.15, -0.1) is 0 Å². The molecular weight excluding hydrogens is 1160 g/mol. The molecule has 2 unspecified atom stereocenters. The van der Waals surface area contributed by atoms with Gasteiger partial charge in [-0.2, -0.15) is 0 Å². The van der Waals surface area contributed by atoms with E-state index in [0.717, 1.165) is 23.3 Å². The number of methoxy groups -OCH3 is 5. The summed E-state index contributed by atoms with van der Waals surface area (Å²) < 4.78 is 73.0. The lowest BCUT2D eigenvalue weighted by atomic mass is 9.99. The summed E-state index contributed by atoms with van der Waals surface area (Å²) in [5, 5.41) is 7.58. The molecule has 3 atom stereocenters. The summed E-state index contributed by atoms with van der Waals surface area (Å²) in [7, 11) is 7.64. The second-order valence-electron chi connectivity index (χ2n) is 20.5. The molecule has 0 bridgehead atoms. The minimum absolute atomic E-state index is 0.00630. The van der Waals surface area contributed by atoms with Crippen molar-refractivity contribution in [1.82, 2.24) is 25.8 Å². The van der Waals surface area contributed by atoms with Crippen LogP contribution in [0, 0.1) is 0 Å². The largest absolute Gasteiger partial charge is 0.493 e. The molecule has 0 radical (unpaired) electrons. The Kier molecular flexibility index (Phi) is 27.1. The zero-order valence-electron chi connectivity index (χ0n) is 50.9. The molecule has 0 saturated carbocycles. The van der Waals surface area contributed by atoms with E-state index in [0.29, 0.717) is 118 Å². The number of carbonyl (C=O) groups excluding carboxylic acids is 8. The first-order valence-corrected chi connectivity index (χ1v) is 29.4. The highest BCUT2D eigenvalue weighted by Crippen LogP contribution is 2.39. The molecule has 89 heavy (non-hydrogen) atoms. The van der Waals surface area contributed by atoms with Crippen molar-refractivity contribution in [2.45, 2.75) is 69.6 Å². The van der Waals surface area contributed by atoms with Crippen molar-refractivity contribution in [2.24, 2.45) is 0 Å². The minimum Gasteiger partial charge on any atom is -0.493 e.